The number of oxime groups is 1. The van der Waals surface area contributed by atoms with Gasteiger partial charge in [0.1, 0.15) is 11.9 Å². The van der Waals surface area contributed by atoms with E-state index in [1.165, 1.54) is 7.11 Å². The molecule has 1 aliphatic carbocycles. The van der Waals surface area contributed by atoms with Gasteiger partial charge in [0, 0.05) is 26.4 Å². The van der Waals surface area contributed by atoms with Crippen LogP contribution in [0.3, 0.4) is 0 Å². The molecule has 0 amide bonds. The minimum Gasteiger partial charge on any atom is -0.384 e. The fourth-order valence-corrected chi connectivity index (χ4v) is 2.15. The fourth-order valence-electron chi connectivity index (χ4n) is 2.15. The summed E-state index contributed by atoms with van der Waals surface area (Å²) in [7, 11) is 1.41. The van der Waals surface area contributed by atoms with Crippen molar-refractivity contribution in [1.29, 1.82) is 0 Å². The van der Waals surface area contributed by atoms with Crippen LogP contribution >= 0.6 is 0 Å². The number of hydrogen-bond acceptors (Lipinski definition) is 6. The number of Topliss-reactive ketones (excluding diaryl/α,β-unsaturated/α-hetero) is 2. The molecule has 6 nitrogen and oxygen atoms in total. The first kappa shape index (κ1) is 13.9. The third-order valence-corrected chi connectivity index (χ3v) is 3.26. The highest BCUT2D eigenvalue weighted by molar-refractivity contribution is 6.05. The second-order valence-electron chi connectivity index (χ2n) is 4.68. The number of ether oxygens (including phenoxy) is 1. The van der Waals surface area contributed by atoms with Crippen LogP contribution in [0, 0.1) is 0 Å². The fraction of sp³-hybridized carbons (Fsp3) is 0.615. The Labute approximate surface area is 111 Å². The van der Waals surface area contributed by atoms with Gasteiger partial charge in [0.15, 0.2) is 6.10 Å². The maximum atomic E-state index is 11.8. The lowest BCUT2D eigenvalue weighted by molar-refractivity contribution is -0.140. The second-order valence-corrected chi connectivity index (χ2v) is 4.68. The molecule has 2 rings (SSSR count). The number of rotatable bonds is 5. The molecule has 1 N–H and O–H groups in total. The number of aliphatic hydroxyl groups excluding tert-OH is 1. The van der Waals surface area contributed by atoms with E-state index >= 15 is 0 Å². The lowest BCUT2D eigenvalue weighted by atomic mass is 9.92. The molecule has 19 heavy (non-hydrogen) atoms. The number of carbonyl (C=O) groups excluding carboxylic acids is 2. The van der Waals surface area contributed by atoms with Crippen LogP contribution in [0.2, 0.25) is 0 Å². The average molecular weight is 267 g/mol. The van der Waals surface area contributed by atoms with E-state index < -0.39 is 18.0 Å². The van der Waals surface area contributed by atoms with Crippen molar-refractivity contribution in [1.82, 2.24) is 0 Å². The summed E-state index contributed by atoms with van der Waals surface area (Å²) in [5.74, 6) is -0.209. The molecule has 0 radical (unpaired) electrons. The number of allylic oxidation sites excluding steroid dienone is 2. The lowest BCUT2D eigenvalue weighted by Crippen LogP contribution is -2.35. The summed E-state index contributed by atoms with van der Waals surface area (Å²) < 4.78 is 4.73. The molecule has 104 valence electrons. The normalized spacial score (nSPS) is 24.5. The van der Waals surface area contributed by atoms with Gasteiger partial charge in [-0.2, -0.15) is 0 Å². The summed E-state index contributed by atoms with van der Waals surface area (Å²) in [6, 6.07) is 0. The van der Waals surface area contributed by atoms with E-state index in [0.29, 0.717) is 31.4 Å². The largest absolute Gasteiger partial charge is 0.384 e. The van der Waals surface area contributed by atoms with Crippen molar-refractivity contribution in [2.24, 2.45) is 5.16 Å². The standard InChI is InChI=1S/C13H17NO5/c1-18-7-11(16)13(17)12-6-10(14-19-12)8-2-4-9(15)5-3-8/h2,11-12,16H,3-7H2,1H3. The summed E-state index contributed by atoms with van der Waals surface area (Å²) in [6.45, 7) is -0.0504. The van der Waals surface area contributed by atoms with Gasteiger partial charge in [-0.3, -0.25) is 9.59 Å². The zero-order chi connectivity index (χ0) is 13.8. The molecular formula is C13H17NO5. The Hall–Kier alpha value is -1.53. The molecule has 0 saturated heterocycles. The van der Waals surface area contributed by atoms with Crippen LogP contribution in [0.25, 0.3) is 0 Å². The first-order chi connectivity index (χ1) is 9.11. The summed E-state index contributed by atoms with van der Waals surface area (Å²) in [5.41, 5.74) is 1.67. The van der Waals surface area contributed by atoms with Gasteiger partial charge in [-0.05, 0) is 12.0 Å². The maximum absolute atomic E-state index is 11.8. The van der Waals surface area contributed by atoms with Crippen molar-refractivity contribution in [2.75, 3.05) is 13.7 Å². The third-order valence-electron chi connectivity index (χ3n) is 3.26. The highest BCUT2D eigenvalue weighted by Crippen LogP contribution is 2.24. The van der Waals surface area contributed by atoms with Crippen molar-refractivity contribution in [3.63, 3.8) is 0 Å². The van der Waals surface area contributed by atoms with E-state index in [0.717, 1.165) is 5.57 Å². The summed E-state index contributed by atoms with van der Waals surface area (Å²) in [6.07, 6.45) is 1.81. The molecule has 0 bridgehead atoms. The van der Waals surface area contributed by atoms with Crippen molar-refractivity contribution >= 4 is 17.3 Å². The molecule has 2 aliphatic rings. The molecule has 1 heterocycles. The van der Waals surface area contributed by atoms with E-state index in [1.807, 2.05) is 6.08 Å². The first-order valence-electron chi connectivity index (χ1n) is 6.26. The van der Waals surface area contributed by atoms with Crippen molar-refractivity contribution in [3.8, 4) is 0 Å². The van der Waals surface area contributed by atoms with Crippen LogP contribution in [0.15, 0.2) is 16.8 Å². The number of ketones is 2. The van der Waals surface area contributed by atoms with E-state index in [9.17, 15) is 14.7 Å². The van der Waals surface area contributed by atoms with Crippen molar-refractivity contribution in [3.05, 3.63) is 11.6 Å². The Balaban J connectivity index is 1.92. The van der Waals surface area contributed by atoms with E-state index in [4.69, 9.17) is 9.57 Å². The predicted molar refractivity (Wildman–Crippen MR) is 66.8 cm³/mol. The van der Waals surface area contributed by atoms with Gasteiger partial charge >= 0.3 is 0 Å². The molecule has 0 fully saturated rings. The molecule has 6 heteroatoms. The summed E-state index contributed by atoms with van der Waals surface area (Å²) >= 11 is 0. The third kappa shape index (κ3) is 3.27. The van der Waals surface area contributed by atoms with Crippen LogP contribution in [-0.4, -0.2) is 48.3 Å². The molecule has 2 unspecified atom stereocenters. The molecule has 0 aromatic rings. The number of aliphatic hydroxyl groups is 1. The van der Waals surface area contributed by atoms with Crippen molar-refractivity contribution in [2.45, 2.75) is 37.9 Å². The highest BCUT2D eigenvalue weighted by atomic mass is 16.6. The highest BCUT2D eigenvalue weighted by Gasteiger charge is 2.33. The zero-order valence-corrected chi connectivity index (χ0v) is 10.8. The predicted octanol–water partition coefficient (Wildman–Crippen LogP) is 0.387. The minimum atomic E-state index is -1.19. The lowest BCUT2D eigenvalue weighted by Gasteiger charge is -2.13. The van der Waals surface area contributed by atoms with Crippen LogP contribution in [0.5, 0.6) is 0 Å². The molecule has 1 aliphatic heterocycles. The summed E-state index contributed by atoms with van der Waals surface area (Å²) in [5, 5.41) is 13.4. The Morgan fingerprint density at radius 2 is 2.42 bits per heavy atom. The van der Waals surface area contributed by atoms with Crippen LogP contribution in [-0.2, 0) is 19.2 Å². The SMILES string of the molecule is COCC(O)C(=O)C1CC(C2=CCC(=O)CC2)=NO1. The Bertz CT molecular complexity index is 440. The van der Waals surface area contributed by atoms with Gasteiger partial charge in [0.05, 0.1) is 12.3 Å². The van der Waals surface area contributed by atoms with Crippen LogP contribution in [0.1, 0.15) is 25.7 Å². The molecule has 0 saturated carbocycles. The van der Waals surface area contributed by atoms with Crippen LogP contribution in [0.4, 0.5) is 0 Å². The number of carbonyl (C=O) groups is 2. The monoisotopic (exact) mass is 267 g/mol. The molecule has 0 aromatic heterocycles. The van der Waals surface area contributed by atoms with E-state index in [1.54, 1.807) is 0 Å². The Morgan fingerprint density at radius 3 is 3.05 bits per heavy atom. The molecule has 2 atom stereocenters. The quantitative estimate of drug-likeness (QED) is 0.778. The maximum Gasteiger partial charge on any atom is 0.207 e. The van der Waals surface area contributed by atoms with Gasteiger partial charge < -0.3 is 14.7 Å². The molecule has 0 spiro atoms. The van der Waals surface area contributed by atoms with Gasteiger partial charge in [-0.15, -0.1) is 0 Å². The van der Waals surface area contributed by atoms with Gasteiger partial charge in [-0.1, -0.05) is 11.2 Å². The van der Waals surface area contributed by atoms with Gasteiger partial charge in [0.2, 0.25) is 5.78 Å². The van der Waals surface area contributed by atoms with E-state index in [2.05, 4.69) is 5.16 Å². The van der Waals surface area contributed by atoms with Gasteiger partial charge in [-0.25, -0.2) is 0 Å². The number of hydrogen-bond donors (Lipinski definition) is 1. The van der Waals surface area contributed by atoms with Gasteiger partial charge in [0.25, 0.3) is 0 Å². The zero-order valence-electron chi connectivity index (χ0n) is 10.8. The number of methoxy groups -OCH3 is 1. The first-order valence-corrected chi connectivity index (χ1v) is 6.26. The minimum absolute atomic E-state index is 0.0504. The Morgan fingerprint density at radius 1 is 1.63 bits per heavy atom. The second kappa shape index (κ2) is 6.08. The van der Waals surface area contributed by atoms with Crippen molar-refractivity contribution < 1.29 is 24.3 Å². The Kier molecular flexibility index (Phi) is 4.44. The summed E-state index contributed by atoms with van der Waals surface area (Å²) in [4.78, 5) is 28.0. The molecule has 0 aromatic carbocycles. The molecular weight excluding hydrogens is 250 g/mol. The van der Waals surface area contributed by atoms with E-state index in [-0.39, 0.29) is 12.4 Å². The smallest absolute Gasteiger partial charge is 0.207 e. The number of nitrogens with zero attached hydrogens (tertiary/aromatic N) is 1. The average Bonchev–Trinajstić information content (AvgIpc) is 2.88. The topological polar surface area (TPSA) is 85.2 Å². The van der Waals surface area contributed by atoms with Crippen LogP contribution < -0.4 is 0 Å².